The highest BCUT2D eigenvalue weighted by atomic mass is 35.5. The SMILES string of the molecule is CCOc1ccc(C(=O)Nc2nnc(-c3cc(Cl)ccc3Cl)o2)cc1. The third-order valence-electron chi connectivity index (χ3n) is 3.23. The van der Waals surface area contributed by atoms with Gasteiger partial charge in [0.25, 0.3) is 11.8 Å². The number of anilines is 1. The molecule has 0 fully saturated rings. The van der Waals surface area contributed by atoms with E-state index in [9.17, 15) is 4.79 Å². The van der Waals surface area contributed by atoms with E-state index < -0.39 is 0 Å². The molecule has 1 heterocycles. The number of carbonyl (C=O) groups is 1. The molecule has 1 aromatic heterocycles. The van der Waals surface area contributed by atoms with Gasteiger partial charge in [0.2, 0.25) is 0 Å². The van der Waals surface area contributed by atoms with Gasteiger partial charge in [0, 0.05) is 10.6 Å². The Morgan fingerprint density at radius 3 is 2.64 bits per heavy atom. The fourth-order valence-electron chi connectivity index (χ4n) is 2.08. The van der Waals surface area contributed by atoms with Crippen molar-refractivity contribution in [3.63, 3.8) is 0 Å². The summed E-state index contributed by atoms with van der Waals surface area (Å²) >= 11 is 12.0. The second kappa shape index (κ2) is 7.55. The smallest absolute Gasteiger partial charge is 0.322 e. The molecule has 0 unspecified atom stereocenters. The van der Waals surface area contributed by atoms with E-state index in [1.165, 1.54) is 0 Å². The number of ether oxygens (including phenoxy) is 1. The lowest BCUT2D eigenvalue weighted by Gasteiger charge is -2.04. The minimum absolute atomic E-state index is 0.0371. The average Bonchev–Trinajstić information content (AvgIpc) is 3.06. The van der Waals surface area contributed by atoms with E-state index in [1.807, 2.05) is 6.92 Å². The van der Waals surface area contributed by atoms with Crippen molar-refractivity contribution in [1.29, 1.82) is 0 Å². The molecule has 8 heteroatoms. The molecule has 0 aliphatic carbocycles. The van der Waals surface area contributed by atoms with Gasteiger partial charge in [-0.3, -0.25) is 10.1 Å². The van der Waals surface area contributed by atoms with Gasteiger partial charge in [-0.05, 0) is 49.4 Å². The zero-order valence-corrected chi connectivity index (χ0v) is 14.6. The van der Waals surface area contributed by atoms with Crippen LogP contribution in [0.5, 0.6) is 5.75 Å². The molecule has 0 aliphatic rings. The van der Waals surface area contributed by atoms with E-state index in [4.69, 9.17) is 32.4 Å². The summed E-state index contributed by atoms with van der Waals surface area (Å²) in [6.07, 6.45) is 0. The fourth-order valence-corrected chi connectivity index (χ4v) is 2.45. The van der Waals surface area contributed by atoms with Crippen LogP contribution in [0, 0.1) is 0 Å². The Bertz CT molecular complexity index is 894. The minimum Gasteiger partial charge on any atom is -0.494 e. The van der Waals surface area contributed by atoms with Gasteiger partial charge < -0.3 is 9.15 Å². The van der Waals surface area contributed by atoms with Crippen molar-refractivity contribution in [3.8, 4) is 17.2 Å². The normalized spacial score (nSPS) is 10.5. The van der Waals surface area contributed by atoms with Gasteiger partial charge >= 0.3 is 6.01 Å². The quantitative estimate of drug-likeness (QED) is 0.697. The molecule has 0 aliphatic heterocycles. The first-order chi connectivity index (χ1) is 12.1. The van der Waals surface area contributed by atoms with Crippen LogP contribution in [0.3, 0.4) is 0 Å². The molecule has 2 aromatic carbocycles. The van der Waals surface area contributed by atoms with Crippen molar-refractivity contribution in [3.05, 3.63) is 58.1 Å². The molecule has 0 spiro atoms. The van der Waals surface area contributed by atoms with Crippen molar-refractivity contribution in [2.75, 3.05) is 11.9 Å². The maximum atomic E-state index is 12.2. The maximum absolute atomic E-state index is 12.2. The van der Waals surface area contributed by atoms with Crippen LogP contribution in [0.15, 0.2) is 46.9 Å². The Morgan fingerprint density at radius 2 is 1.92 bits per heavy atom. The van der Waals surface area contributed by atoms with Crippen molar-refractivity contribution < 1.29 is 13.9 Å². The van der Waals surface area contributed by atoms with Crippen LogP contribution in [0.4, 0.5) is 6.01 Å². The number of carbonyl (C=O) groups excluding carboxylic acids is 1. The summed E-state index contributed by atoms with van der Waals surface area (Å²) in [6, 6.07) is 11.6. The van der Waals surface area contributed by atoms with Crippen LogP contribution in [0.25, 0.3) is 11.5 Å². The third-order valence-corrected chi connectivity index (χ3v) is 3.80. The van der Waals surface area contributed by atoms with Crippen LogP contribution in [0.1, 0.15) is 17.3 Å². The summed E-state index contributed by atoms with van der Waals surface area (Å²) in [5.74, 6) is 0.472. The standard InChI is InChI=1S/C17H13Cl2N3O3/c1-2-24-12-6-3-10(4-7-12)15(23)20-17-22-21-16(25-17)13-9-11(18)5-8-14(13)19/h3-9H,2H2,1H3,(H,20,22,23). The number of rotatable bonds is 5. The summed E-state index contributed by atoms with van der Waals surface area (Å²) < 4.78 is 10.8. The molecule has 0 radical (unpaired) electrons. The van der Waals surface area contributed by atoms with Crippen molar-refractivity contribution >= 4 is 35.1 Å². The van der Waals surface area contributed by atoms with E-state index >= 15 is 0 Å². The molecule has 128 valence electrons. The number of halogens is 2. The molecule has 0 saturated carbocycles. The second-order valence-electron chi connectivity index (χ2n) is 4.95. The highest BCUT2D eigenvalue weighted by Crippen LogP contribution is 2.30. The summed E-state index contributed by atoms with van der Waals surface area (Å²) in [5, 5.41) is 11.1. The molecule has 0 atom stereocenters. The molecule has 6 nitrogen and oxygen atoms in total. The topological polar surface area (TPSA) is 77.2 Å². The van der Waals surface area contributed by atoms with Crippen LogP contribution < -0.4 is 10.1 Å². The predicted octanol–water partition coefficient (Wildman–Crippen LogP) is 4.69. The molecule has 1 amide bonds. The van der Waals surface area contributed by atoms with Gasteiger partial charge in [-0.2, -0.15) is 0 Å². The van der Waals surface area contributed by atoms with E-state index in [-0.39, 0.29) is 17.8 Å². The lowest BCUT2D eigenvalue weighted by molar-refractivity contribution is 0.102. The Hall–Kier alpha value is -2.57. The number of nitrogens with one attached hydrogen (secondary N) is 1. The van der Waals surface area contributed by atoms with Gasteiger partial charge in [0.1, 0.15) is 5.75 Å². The third kappa shape index (κ3) is 4.10. The predicted molar refractivity (Wildman–Crippen MR) is 95.3 cm³/mol. The number of aromatic nitrogens is 2. The second-order valence-corrected chi connectivity index (χ2v) is 5.79. The van der Waals surface area contributed by atoms with Gasteiger partial charge in [-0.25, -0.2) is 0 Å². The highest BCUT2D eigenvalue weighted by molar-refractivity contribution is 6.35. The van der Waals surface area contributed by atoms with Crippen molar-refractivity contribution in [1.82, 2.24) is 10.2 Å². The van der Waals surface area contributed by atoms with Gasteiger partial charge in [-0.1, -0.05) is 28.3 Å². The molecule has 3 rings (SSSR count). The molecule has 0 saturated heterocycles. The van der Waals surface area contributed by atoms with Gasteiger partial charge in [-0.15, -0.1) is 5.10 Å². The zero-order chi connectivity index (χ0) is 17.8. The minimum atomic E-state index is -0.379. The summed E-state index contributed by atoms with van der Waals surface area (Å²) in [5.41, 5.74) is 0.923. The number of nitrogens with zero attached hydrogens (tertiary/aromatic N) is 2. The number of hydrogen-bond donors (Lipinski definition) is 1. The number of benzene rings is 2. The average molecular weight is 378 g/mol. The Morgan fingerprint density at radius 1 is 1.16 bits per heavy atom. The van der Waals surface area contributed by atoms with Gasteiger partial charge in [0.15, 0.2) is 0 Å². The highest BCUT2D eigenvalue weighted by Gasteiger charge is 2.15. The molecular weight excluding hydrogens is 365 g/mol. The molecule has 1 N–H and O–H groups in total. The van der Waals surface area contributed by atoms with Crippen LogP contribution in [-0.2, 0) is 0 Å². The van der Waals surface area contributed by atoms with Crippen LogP contribution >= 0.6 is 23.2 Å². The molecule has 3 aromatic rings. The van der Waals surface area contributed by atoms with E-state index in [0.29, 0.717) is 33.5 Å². The molecule has 25 heavy (non-hydrogen) atoms. The Labute approximate surface area is 153 Å². The van der Waals surface area contributed by atoms with Crippen molar-refractivity contribution in [2.24, 2.45) is 0 Å². The fraction of sp³-hybridized carbons (Fsp3) is 0.118. The van der Waals surface area contributed by atoms with Crippen LogP contribution in [0.2, 0.25) is 10.0 Å². The van der Waals surface area contributed by atoms with E-state index in [0.717, 1.165) is 0 Å². The maximum Gasteiger partial charge on any atom is 0.322 e. The Balaban J connectivity index is 1.74. The number of hydrogen-bond acceptors (Lipinski definition) is 5. The summed E-state index contributed by atoms with van der Waals surface area (Å²) in [6.45, 7) is 2.45. The van der Waals surface area contributed by atoms with E-state index in [1.54, 1.807) is 42.5 Å². The lowest BCUT2D eigenvalue weighted by atomic mass is 10.2. The first kappa shape index (κ1) is 17.3. The first-order valence-corrected chi connectivity index (χ1v) is 8.15. The monoisotopic (exact) mass is 377 g/mol. The molecular formula is C17H13Cl2N3O3. The first-order valence-electron chi connectivity index (χ1n) is 7.40. The summed E-state index contributed by atoms with van der Waals surface area (Å²) in [7, 11) is 0. The lowest BCUT2D eigenvalue weighted by Crippen LogP contribution is -2.12. The van der Waals surface area contributed by atoms with Gasteiger partial charge in [0.05, 0.1) is 17.2 Å². The zero-order valence-electron chi connectivity index (χ0n) is 13.1. The van der Waals surface area contributed by atoms with Crippen LogP contribution in [-0.4, -0.2) is 22.7 Å². The van der Waals surface area contributed by atoms with E-state index in [2.05, 4.69) is 15.5 Å². The largest absolute Gasteiger partial charge is 0.494 e. The molecule has 0 bridgehead atoms. The van der Waals surface area contributed by atoms with Crippen molar-refractivity contribution in [2.45, 2.75) is 6.92 Å². The summed E-state index contributed by atoms with van der Waals surface area (Å²) in [4.78, 5) is 12.2. The Kier molecular flexibility index (Phi) is 5.21. The number of amides is 1.